The third-order valence-corrected chi connectivity index (χ3v) is 3.03. The predicted octanol–water partition coefficient (Wildman–Crippen LogP) is 0.0727. The van der Waals surface area contributed by atoms with Crippen LogP contribution in [0.1, 0.15) is 12.0 Å². The first kappa shape index (κ1) is 11.9. The summed E-state index contributed by atoms with van der Waals surface area (Å²) in [6.45, 7) is 1.06. The van der Waals surface area contributed by atoms with Gasteiger partial charge in [0.15, 0.2) is 0 Å². The lowest BCUT2D eigenvalue weighted by atomic mass is 10.1. The minimum Gasteiger partial charge on any atom is -0.399 e. The molecular weight excluding hydrogens is 218 g/mol. The van der Waals surface area contributed by atoms with Gasteiger partial charge in [0.2, 0.25) is 5.91 Å². The zero-order valence-electron chi connectivity index (χ0n) is 9.60. The summed E-state index contributed by atoms with van der Waals surface area (Å²) < 4.78 is 0. The van der Waals surface area contributed by atoms with Crippen molar-refractivity contribution in [1.29, 1.82) is 0 Å². The second-order valence-corrected chi connectivity index (χ2v) is 4.40. The molecule has 5 nitrogen and oxygen atoms in total. The second-order valence-electron chi connectivity index (χ2n) is 4.40. The van der Waals surface area contributed by atoms with Gasteiger partial charge in [-0.05, 0) is 36.2 Å². The van der Waals surface area contributed by atoms with Crippen LogP contribution in [-0.4, -0.2) is 24.1 Å². The van der Waals surface area contributed by atoms with Gasteiger partial charge in [0.25, 0.3) is 0 Å². The number of anilines is 2. The third kappa shape index (κ3) is 2.40. The van der Waals surface area contributed by atoms with Crippen molar-refractivity contribution < 1.29 is 9.90 Å². The lowest BCUT2D eigenvalue weighted by Crippen LogP contribution is -2.25. The highest BCUT2D eigenvalue weighted by Gasteiger charge is 2.29. The molecule has 5 N–H and O–H groups in total. The van der Waals surface area contributed by atoms with E-state index in [2.05, 4.69) is 0 Å². The Hall–Kier alpha value is -1.59. The number of carbonyl (C=O) groups excluding carboxylic acids is 1. The number of rotatable bonds is 3. The average Bonchev–Trinajstić information content (AvgIpc) is 2.69. The molecule has 0 aliphatic carbocycles. The zero-order chi connectivity index (χ0) is 12.4. The number of carbonyl (C=O) groups is 1. The fourth-order valence-electron chi connectivity index (χ4n) is 2.14. The number of nitrogen functional groups attached to an aromatic ring is 1. The van der Waals surface area contributed by atoms with Gasteiger partial charge in [-0.15, -0.1) is 0 Å². The van der Waals surface area contributed by atoms with Gasteiger partial charge in [-0.25, -0.2) is 0 Å². The van der Waals surface area contributed by atoms with E-state index >= 15 is 0 Å². The van der Waals surface area contributed by atoms with E-state index in [1.807, 2.05) is 0 Å². The summed E-state index contributed by atoms with van der Waals surface area (Å²) in [4.78, 5) is 13.5. The number of hydrogen-bond donors (Lipinski definition) is 3. The molecule has 1 unspecified atom stereocenters. The maximum absolute atomic E-state index is 11.8. The van der Waals surface area contributed by atoms with Gasteiger partial charge in [0.1, 0.15) is 0 Å². The van der Waals surface area contributed by atoms with Crippen LogP contribution in [0.2, 0.25) is 0 Å². The SMILES string of the molecule is NCC1CC(=O)N(c2cc(N)cc(CO)c2)C1. The van der Waals surface area contributed by atoms with E-state index in [4.69, 9.17) is 16.6 Å². The molecule has 1 saturated heterocycles. The van der Waals surface area contributed by atoms with E-state index in [1.54, 1.807) is 23.1 Å². The van der Waals surface area contributed by atoms with Crippen molar-refractivity contribution in [3.63, 3.8) is 0 Å². The number of amides is 1. The van der Waals surface area contributed by atoms with Crippen LogP contribution in [0, 0.1) is 5.92 Å². The highest BCUT2D eigenvalue weighted by Crippen LogP contribution is 2.27. The fraction of sp³-hybridized carbons (Fsp3) is 0.417. The summed E-state index contributed by atoms with van der Waals surface area (Å²) in [7, 11) is 0. The van der Waals surface area contributed by atoms with E-state index in [0.717, 1.165) is 5.69 Å². The van der Waals surface area contributed by atoms with Gasteiger partial charge in [-0.1, -0.05) is 0 Å². The quantitative estimate of drug-likeness (QED) is 0.646. The van der Waals surface area contributed by atoms with Gasteiger partial charge in [0, 0.05) is 24.3 Å². The van der Waals surface area contributed by atoms with Crippen LogP contribution in [-0.2, 0) is 11.4 Å². The van der Waals surface area contributed by atoms with Gasteiger partial charge in [0.05, 0.1) is 6.61 Å². The molecule has 92 valence electrons. The Balaban J connectivity index is 2.28. The topological polar surface area (TPSA) is 92.6 Å². The molecule has 2 rings (SSSR count). The number of nitrogens with zero attached hydrogens (tertiary/aromatic N) is 1. The normalized spacial score (nSPS) is 20.0. The number of aliphatic hydroxyl groups is 1. The molecule has 1 aromatic rings. The average molecular weight is 235 g/mol. The minimum absolute atomic E-state index is 0.0648. The molecule has 1 atom stereocenters. The molecule has 1 aliphatic rings. The largest absolute Gasteiger partial charge is 0.399 e. The summed E-state index contributed by atoms with van der Waals surface area (Å²) in [6, 6.07) is 5.23. The Morgan fingerprint density at radius 1 is 1.41 bits per heavy atom. The highest BCUT2D eigenvalue weighted by atomic mass is 16.3. The van der Waals surface area contributed by atoms with E-state index in [0.29, 0.717) is 30.8 Å². The lowest BCUT2D eigenvalue weighted by Gasteiger charge is -2.18. The Morgan fingerprint density at radius 2 is 2.18 bits per heavy atom. The molecule has 5 heteroatoms. The van der Waals surface area contributed by atoms with Crippen molar-refractivity contribution in [2.75, 3.05) is 23.7 Å². The first-order chi connectivity index (χ1) is 8.13. The summed E-state index contributed by atoms with van der Waals surface area (Å²) >= 11 is 0. The second kappa shape index (κ2) is 4.73. The van der Waals surface area contributed by atoms with Crippen molar-refractivity contribution in [1.82, 2.24) is 0 Å². The van der Waals surface area contributed by atoms with Crippen molar-refractivity contribution in [2.45, 2.75) is 13.0 Å². The molecule has 0 bridgehead atoms. The van der Waals surface area contributed by atoms with Crippen LogP contribution >= 0.6 is 0 Å². The van der Waals surface area contributed by atoms with Crippen LogP contribution in [0.4, 0.5) is 11.4 Å². The smallest absolute Gasteiger partial charge is 0.227 e. The lowest BCUT2D eigenvalue weighted by molar-refractivity contribution is -0.117. The summed E-state index contributed by atoms with van der Waals surface area (Å²) in [6.07, 6.45) is 0.486. The fourth-order valence-corrected chi connectivity index (χ4v) is 2.14. The Labute approximate surface area is 100 Å². The van der Waals surface area contributed by atoms with Crippen molar-refractivity contribution >= 4 is 17.3 Å². The van der Waals surface area contributed by atoms with Crippen molar-refractivity contribution in [3.8, 4) is 0 Å². The Bertz CT molecular complexity index is 434. The monoisotopic (exact) mass is 235 g/mol. The zero-order valence-corrected chi connectivity index (χ0v) is 9.60. The first-order valence-electron chi connectivity index (χ1n) is 5.64. The van der Waals surface area contributed by atoms with Crippen LogP contribution in [0.25, 0.3) is 0 Å². The van der Waals surface area contributed by atoms with Crippen LogP contribution in [0.15, 0.2) is 18.2 Å². The molecule has 0 radical (unpaired) electrons. The molecule has 0 spiro atoms. The molecule has 1 amide bonds. The van der Waals surface area contributed by atoms with Crippen LogP contribution < -0.4 is 16.4 Å². The maximum Gasteiger partial charge on any atom is 0.227 e. The summed E-state index contributed by atoms with van der Waals surface area (Å²) in [5, 5.41) is 9.11. The van der Waals surface area contributed by atoms with Crippen molar-refractivity contribution in [2.24, 2.45) is 11.7 Å². The number of benzene rings is 1. The standard InChI is InChI=1S/C12H17N3O2/c13-5-9-3-12(17)15(6-9)11-2-8(7-16)1-10(14)4-11/h1-2,4,9,16H,3,5-7,13-14H2. The van der Waals surface area contributed by atoms with Gasteiger partial charge >= 0.3 is 0 Å². The molecular formula is C12H17N3O2. The minimum atomic E-state index is -0.0829. The molecule has 1 aromatic carbocycles. The van der Waals surface area contributed by atoms with E-state index in [9.17, 15) is 4.79 Å². The van der Waals surface area contributed by atoms with E-state index in [-0.39, 0.29) is 18.4 Å². The van der Waals surface area contributed by atoms with E-state index < -0.39 is 0 Å². The third-order valence-electron chi connectivity index (χ3n) is 3.03. The first-order valence-corrected chi connectivity index (χ1v) is 5.64. The summed E-state index contributed by atoms with van der Waals surface area (Å²) in [5.74, 6) is 0.274. The van der Waals surface area contributed by atoms with Crippen LogP contribution in [0.3, 0.4) is 0 Å². The Kier molecular flexibility index (Phi) is 3.31. The number of nitrogens with two attached hydrogens (primary N) is 2. The molecule has 17 heavy (non-hydrogen) atoms. The summed E-state index contributed by atoms with van der Waals surface area (Å²) in [5.41, 5.74) is 13.3. The van der Waals surface area contributed by atoms with E-state index in [1.165, 1.54) is 0 Å². The molecule has 1 aliphatic heterocycles. The molecule has 0 aromatic heterocycles. The van der Waals surface area contributed by atoms with Gasteiger partial charge in [-0.2, -0.15) is 0 Å². The van der Waals surface area contributed by atoms with Crippen LogP contribution in [0.5, 0.6) is 0 Å². The molecule has 1 heterocycles. The number of aliphatic hydroxyl groups excluding tert-OH is 1. The van der Waals surface area contributed by atoms with Gasteiger partial charge in [-0.3, -0.25) is 4.79 Å². The maximum atomic E-state index is 11.8. The highest BCUT2D eigenvalue weighted by molar-refractivity contribution is 5.96. The van der Waals surface area contributed by atoms with Crippen molar-refractivity contribution in [3.05, 3.63) is 23.8 Å². The molecule has 0 saturated carbocycles. The Morgan fingerprint density at radius 3 is 2.76 bits per heavy atom. The predicted molar refractivity (Wildman–Crippen MR) is 66.3 cm³/mol. The van der Waals surface area contributed by atoms with Gasteiger partial charge < -0.3 is 21.5 Å². The molecule has 1 fully saturated rings. The number of hydrogen-bond acceptors (Lipinski definition) is 4.